The highest BCUT2D eigenvalue weighted by atomic mass is 16.6. The Labute approximate surface area is 138 Å². The van der Waals surface area contributed by atoms with E-state index in [4.69, 9.17) is 9.47 Å². The maximum absolute atomic E-state index is 12.2. The Kier molecular flexibility index (Phi) is 6.19. The van der Waals surface area contributed by atoms with Crippen LogP contribution in [-0.2, 0) is 20.9 Å². The van der Waals surface area contributed by atoms with Gasteiger partial charge < -0.3 is 14.8 Å². The Hall–Kier alpha value is -2.04. The molecule has 1 amide bonds. The number of benzene rings is 1. The van der Waals surface area contributed by atoms with E-state index in [0.29, 0.717) is 0 Å². The molecule has 0 bridgehead atoms. The normalized spacial score (nSPS) is 11.7. The third kappa shape index (κ3) is 7.17. The topological polar surface area (TPSA) is 64.6 Å². The van der Waals surface area contributed by atoms with Gasteiger partial charge in [0.15, 0.2) is 0 Å². The van der Waals surface area contributed by atoms with Crippen molar-refractivity contribution in [2.75, 3.05) is 6.54 Å². The van der Waals surface area contributed by atoms with Gasteiger partial charge in [-0.2, -0.15) is 0 Å². The van der Waals surface area contributed by atoms with Crippen molar-refractivity contribution in [2.24, 2.45) is 5.41 Å². The first kappa shape index (κ1) is 19.0. The van der Waals surface area contributed by atoms with Crippen LogP contribution in [0, 0.1) is 12.3 Å². The standard InChI is InChI=1S/C18H27NO4/c1-13-7-9-14(10-8-13)11-22-15(20)18(5,6)12-19-16(21)23-17(2,3)4/h7-10H,11-12H2,1-6H3,(H,19,21). The number of rotatable bonds is 5. The molecule has 0 atom stereocenters. The van der Waals surface area contributed by atoms with Gasteiger partial charge in [0, 0.05) is 6.54 Å². The molecule has 0 aliphatic rings. The van der Waals surface area contributed by atoms with E-state index in [1.165, 1.54) is 0 Å². The van der Waals surface area contributed by atoms with Crippen LogP contribution in [0.1, 0.15) is 45.7 Å². The summed E-state index contributed by atoms with van der Waals surface area (Å²) in [4.78, 5) is 23.8. The maximum Gasteiger partial charge on any atom is 0.407 e. The van der Waals surface area contributed by atoms with Gasteiger partial charge in [0.2, 0.25) is 0 Å². The zero-order valence-corrected chi connectivity index (χ0v) is 14.9. The molecule has 0 radical (unpaired) electrons. The zero-order chi connectivity index (χ0) is 17.7. The van der Waals surface area contributed by atoms with Crippen molar-refractivity contribution < 1.29 is 19.1 Å². The fourth-order valence-electron chi connectivity index (χ4n) is 1.71. The van der Waals surface area contributed by atoms with E-state index < -0.39 is 17.1 Å². The van der Waals surface area contributed by atoms with Gasteiger partial charge in [0.1, 0.15) is 12.2 Å². The summed E-state index contributed by atoms with van der Waals surface area (Å²) in [6.45, 7) is 11.2. The second kappa shape index (κ2) is 7.49. The molecule has 1 rings (SSSR count). The number of ether oxygens (including phenoxy) is 2. The van der Waals surface area contributed by atoms with Gasteiger partial charge >= 0.3 is 12.1 Å². The van der Waals surface area contributed by atoms with E-state index in [2.05, 4.69) is 5.32 Å². The average Bonchev–Trinajstić information content (AvgIpc) is 2.42. The molecule has 0 aliphatic carbocycles. The van der Waals surface area contributed by atoms with Crippen molar-refractivity contribution in [2.45, 2.75) is 53.8 Å². The Morgan fingerprint density at radius 2 is 1.61 bits per heavy atom. The summed E-state index contributed by atoms with van der Waals surface area (Å²) in [5, 5.41) is 2.60. The summed E-state index contributed by atoms with van der Waals surface area (Å²) >= 11 is 0. The molecular formula is C18H27NO4. The molecule has 23 heavy (non-hydrogen) atoms. The molecule has 5 heteroatoms. The van der Waals surface area contributed by atoms with E-state index in [-0.39, 0.29) is 19.1 Å². The van der Waals surface area contributed by atoms with Crippen LogP contribution in [0.2, 0.25) is 0 Å². The summed E-state index contributed by atoms with van der Waals surface area (Å²) in [5.74, 6) is -0.367. The van der Waals surface area contributed by atoms with Gasteiger partial charge in [0.05, 0.1) is 5.41 Å². The first-order valence-corrected chi connectivity index (χ1v) is 7.69. The van der Waals surface area contributed by atoms with E-state index in [1.807, 2.05) is 31.2 Å². The summed E-state index contributed by atoms with van der Waals surface area (Å²) in [7, 11) is 0. The van der Waals surface area contributed by atoms with E-state index >= 15 is 0 Å². The van der Waals surface area contributed by atoms with Crippen LogP contribution in [0.3, 0.4) is 0 Å². The quantitative estimate of drug-likeness (QED) is 0.842. The Bertz CT molecular complexity index is 541. The van der Waals surface area contributed by atoms with Gasteiger partial charge in [0.25, 0.3) is 0 Å². The summed E-state index contributed by atoms with van der Waals surface area (Å²) in [5.41, 5.74) is 0.684. The smallest absolute Gasteiger partial charge is 0.407 e. The largest absolute Gasteiger partial charge is 0.460 e. The minimum atomic E-state index is -0.832. The highest BCUT2D eigenvalue weighted by Crippen LogP contribution is 2.18. The molecule has 0 heterocycles. The number of nitrogens with one attached hydrogen (secondary N) is 1. The fraction of sp³-hybridized carbons (Fsp3) is 0.556. The van der Waals surface area contributed by atoms with Crippen LogP contribution in [0.5, 0.6) is 0 Å². The van der Waals surface area contributed by atoms with Gasteiger partial charge in [-0.3, -0.25) is 4.79 Å². The third-order valence-electron chi connectivity index (χ3n) is 3.12. The number of aryl methyl sites for hydroxylation is 1. The molecular weight excluding hydrogens is 294 g/mol. The molecule has 1 aromatic carbocycles. The third-order valence-corrected chi connectivity index (χ3v) is 3.12. The van der Waals surface area contributed by atoms with Crippen molar-refractivity contribution in [1.29, 1.82) is 0 Å². The SMILES string of the molecule is Cc1ccc(COC(=O)C(C)(C)CNC(=O)OC(C)(C)C)cc1. The molecule has 0 spiro atoms. The molecule has 0 aliphatic heterocycles. The minimum absolute atomic E-state index is 0.147. The minimum Gasteiger partial charge on any atom is -0.460 e. The molecule has 0 saturated carbocycles. The van der Waals surface area contributed by atoms with Crippen molar-refractivity contribution >= 4 is 12.1 Å². The lowest BCUT2D eigenvalue weighted by Gasteiger charge is -2.25. The van der Waals surface area contributed by atoms with Gasteiger partial charge in [-0.05, 0) is 47.1 Å². The lowest BCUT2D eigenvalue weighted by Crippen LogP contribution is -2.42. The molecule has 0 aromatic heterocycles. The first-order valence-electron chi connectivity index (χ1n) is 7.69. The fourth-order valence-corrected chi connectivity index (χ4v) is 1.71. The lowest BCUT2D eigenvalue weighted by atomic mass is 9.94. The van der Waals surface area contributed by atoms with Crippen LogP contribution in [-0.4, -0.2) is 24.2 Å². The molecule has 0 saturated heterocycles. The molecule has 5 nitrogen and oxygen atoms in total. The number of esters is 1. The molecule has 1 aromatic rings. The summed E-state index contributed by atoms with van der Waals surface area (Å²) in [6.07, 6.45) is -0.545. The molecule has 0 unspecified atom stereocenters. The van der Waals surface area contributed by atoms with E-state index in [9.17, 15) is 9.59 Å². The van der Waals surface area contributed by atoms with Crippen molar-refractivity contribution in [3.8, 4) is 0 Å². The summed E-state index contributed by atoms with van der Waals surface area (Å²) in [6, 6.07) is 7.79. The van der Waals surface area contributed by atoms with Gasteiger partial charge in [-0.25, -0.2) is 4.79 Å². The highest BCUT2D eigenvalue weighted by Gasteiger charge is 2.30. The van der Waals surface area contributed by atoms with Crippen LogP contribution in [0.25, 0.3) is 0 Å². The van der Waals surface area contributed by atoms with Gasteiger partial charge in [-0.1, -0.05) is 29.8 Å². The van der Waals surface area contributed by atoms with Crippen molar-refractivity contribution in [1.82, 2.24) is 5.32 Å². The van der Waals surface area contributed by atoms with Crippen molar-refractivity contribution in [3.05, 3.63) is 35.4 Å². The highest BCUT2D eigenvalue weighted by molar-refractivity contribution is 5.77. The van der Waals surface area contributed by atoms with Crippen LogP contribution in [0.15, 0.2) is 24.3 Å². The average molecular weight is 321 g/mol. The number of hydrogen-bond acceptors (Lipinski definition) is 4. The van der Waals surface area contributed by atoms with Crippen molar-refractivity contribution in [3.63, 3.8) is 0 Å². The predicted molar refractivity (Wildman–Crippen MR) is 89.0 cm³/mol. The molecule has 1 N–H and O–H groups in total. The van der Waals surface area contributed by atoms with E-state index in [1.54, 1.807) is 34.6 Å². The lowest BCUT2D eigenvalue weighted by molar-refractivity contribution is -0.155. The Morgan fingerprint density at radius 3 is 2.13 bits per heavy atom. The number of carbonyl (C=O) groups excluding carboxylic acids is 2. The predicted octanol–water partition coefficient (Wildman–Crippen LogP) is 3.59. The summed E-state index contributed by atoms with van der Waals surface area (Å²) < 4.78 is 10.5. The second-order valence-corrected chi connectivity index (χ2v) is 7.30. The first-order chi connectivity index (χ1) is 10.5. The van der Waals surface area contributed by atoms with E-state index in [0.717, 1.165) is 11.1 Å². The Balaban J connectivity index is 2.46. The number of alkyl carbamates (subject to hydrolysis) is 1. The van der Waals surface area contributed by atoms with Crippen LogP contribution < -0.4 is 5.32 Å². The monoisotopic (exact) mass is 321 g/mol. The number of carbonyl (C=O) groups is 2. The van der Waals surface area contributed by atoms with Gasteiger partial charge in [-0.15, -0.1) is 0 Å². The molecule has 0 fully saturated rings. The number of amides is 1. The number of hydrogen-bond donors (Lipinski definition) is 1. The molecule has 128 valence electrons. The second-order valence-electron chi connectivity index (χ2n) is 7.30. The van der Waals surface area contributed by atoms with Crippen LogP contribution in [0.4, 0.5) is 4.79 Å². The maximum atomic E-state index is 12.2. The van der Waals surface area contributed by atoms with Crippen LogP contribution >= 0.6 is 0 Å². The zero-order valence-electron chi connectivity index (χ0n) is 14.9. The Morgan fingerprint density at radius 1 is 1.04 bits per heavy atom.